The molecule has 8 heteroatoms. The van der Waals surface area contributed by atoms with E-state index in [2.05, 4.69) is 0 Å². The molecule has 0 unspecified atom stereocenters. The number of aromatic carboxylic acids is 1. The van der Waals surface area contributed by atoms with Gasteiger partial charge in [0.2, 0.25) is 0 Å². The zero-order chi connectivity index (χ0) is 18.4. The number of hydrogen-bond donors (Lipinski definition) is 1. The molecule has 0 heterocycles. The summed E-state index contributed by atoms with van der Waals surface area (Å²) in [6.07, 6.45) is 0. The Balaban J connectivity index is 3.84. The van der Waals surface area contributed by atoms with Gasteiger partial charge in [0.05, 0.1) is 24.8 Å². The Labute approximate surface area is 137 Å². The van der Waals surface area contributed by atoms with Crippen molar-refractivity contribution in [3.8, 4) is 0 Å². The quantitative estimate of drug-likeness (QED) is 0.886. The van der Waals surface area contributed by atoms with Crippen LogP contribution in [0.1, 0.15) is 51.9 Å². The van der Waals surface area contributed by atoms with E-state index < -0.39 is 35.1 Å². The molecule has 0 fully saturated rings. The molecule has 0 bridgehead atoms. The van der Waals surface area contributed by atoms with Crippen LogP contribution in [-0.2, 0) is 19.7 Å². The normalized spacial score (nSPS) is 13.8. The zero-order valence-electron chi connectivity index (χ0n) is 14.0. The fraction of sp³-hybridized carbons (Fsp3) is 0.533. The molecule has 0 spiro atoms. The second-order valence-corrected chi connectivity index (χ2v) is 12.6. The number of benzene rings is 1. The van der Waals surface area contributed by atoms with Crippen LogP contribution in [0.4, 0.5) is 0 Å². The molecular formula is C15H22O6S2. The van der Waals surface area contributed by atoms with Gasteiger partial charge in [0.25, 0.3) is 0 Å². The van der Waals surface area contributed by atoms with Crippen molar-refractivity contribution in [3.05, 3.63) is 23.8 Å². The summed E-state index contributed by atoms with van der Waals surface area (Å²) in [6.45, 7) is 8.80. The van der Waals surface area contributed by atoms with Crippen LogP contribution in [-0.4, -0.2) is 37.4 Å². The maximum absolute atomic E-state index is 12.6. The van der Waals surface area contributed by atoms with Gasteiger partial charge < -0.3 is 5.11 Å². The van der Waals surface area contributed by atoms with E-state index >= 15 is 0 Å². The lowest BCUT2D eigenvalue weighted by molar-refractivity contribution is 0.0696. The van der Waals surface area contributed by atoms with Gasteiger partial charge in [-0.2, -0.15) is 0 Å². The lowest BCUT2D eigenvalue weighted by Crippen LogP contribution is -2.30. The summed E-state index contributed by atoms with van der Waals surface area (Å²) >= 11 is 0. The largest absolute Gasteiger partial charge is 0.478 e. The summed E-state index contributed by atoms with van der Waals surface area (Å²) in [5, 5.41) is 9.18. The molecule has 1 rings (SSSR count). The maximum Gasteiger partial charge on any atom is 0.335 e. The second kappa shape index (κ2) is 5.59. The van der Waals surface area contributed by atoms with Gasteiger partial charge in [0.15, 0.2) is 19.7 Å². The van der Waals surface area contributed by atoms with Crippen molar-refractivity contribution in [3.63, 3.8) is 0 Å². The van der Waals surface area contributed by atoms with Crippen LogP contribution in [0.3, 0.4) is 0 Å². The first-order valence-electron chi connectivity index (χ1n) is 6.89. The molecule has 0 aliphatic heterocycles. The highest BCUT2D eigenvalue weighted by Crippen LogP contribution is 2.31. The minimum atomic E-state index is -3.89. The van der Waals surface area contributed by atoms with Crippen molar-refractivity contribution >= 4 is 25.6 Å². The van der Waals surface area contributed by atoms with E-state index in [9.17, 15) is 26.7 Å². The molecule has 0 aromatic heterocycles. The fourth-order valence-electron chi connectivity index (χ4n) is 1.71. The Kier molecular flexibility index (Phi) is 4.77. The van der Waals surface area contributed by atoms with E-state index in [-0.39, 0.29) is 15.4 Å². The summed E-state index contributed by atoms with van der Waals surface area (Å²) in [6, 6.07) is 3.02. The van der Waals surface area contributed by atoms with Gasteiger partial charge in [-0.15, -0.1) is 0 Å². The fourth-order valence-corrected chi connectivity index (χ4v) is 4.33. The van der Waals surface area contributed by atoms with Gasteiger partial charge in [0, 0.05) is 0 Å². The predicted octanol–water partition coefficient (Wildman–Crippen LogP) is 2.53. The topological polar surface area (TPSA) is 106 Å². The van der Waals surface area contributed by atoms with Gasteiger partial charge in [-0.05, 0) is 59.7 Å². The van der Waals surface area contributed by atoms with Crippen LogP contribution < -0.4 is 0 Å². The van der Waals surface area contributed by atoms with E-state index in [1.54, 1.807) is 0 Å². The van der Waals surface area contributed by atoms with Crippen LogP contribution in [0.2, 0.25) is 0 Å². The smallest absolute Gasteiger partial charge is 0.335 e. The van der Waals surface area contributed by atoms with Crippen LogP contribution in [0, 0.1) is 0 Å². The van der Waals surface area contributed by atoms with Crippen LogP contribution in [0.15, 0.2) is 28.0 Å². The SMILES string of the molecule is CC(C)(C)S(=O)(=O)c1cc(C(=O)O)cc(S(=O)(=O)C(C)(C)C)c1. The Hall–Kier alpha value is -1.41. The third-order valence-electron chi connectivity index (χ3n) is 3.36. The molecule has 130 valence electrons. The lowest BCUT2D eigenvalue weighted by atomic mass is 10.2. The lowest BCUT2D eigenvalue weighted by Gasteiger charge is -2.22. The zero-order valence-corrected chi connectivity index (χ0v) is 15.7. The standard InChI is InChI=1S/C15H22O6S2/c1-14(2,3)22(18,19)11-7-10(13(16)17)8-12(9-11)23(20,21)15(4,5)6/h7-9H,1-6H3,(H,16,17). The molecule has 23 heavy (non-hydrogen) atoms. The van der Waals surface area contributed by atoms with Crippen molar-refractivity contribution in [2.75, 3.05) is 0 Å². The minimum Gasteiger partial charge on any atom is -0.478 e. The number of rotatable bonds is 3. The van der Waals surface area contributed by atoms with Crippen molar-refractivity contribution in [1.82, 2.24) is 0 Å². The number of carboxylic acids is 1. The molecule has 0 saturated carbocycles. The third kappa shape index (κ3) is 3.58. The van der Waals surface area contributed by atoms with Crippen molar-refractivity contribution < 1.29 is 26.7 Å². The van der Waals surface area contributed by atoms with Crippen LogP contribution in [0.25, 0.3) is 0 Å². The van der Waals surface area contributed by atoms with E-state index in [0.29, 0.717) is 0 Å². The van der Waals surface area contributed by atoms with E-state index in [1.807, 2.05) is 0 Å². The Morgan fingerprint density at radius 1 is 0.783 bits per heavy atom. The molecule has 0 aliphatic carbocycles. The average Bonchev–Trinajstić information content (AvgIpc) is 2.35. The first kappa shape index (κ1) is 19.6. The minimum absolute atomic E-state index is 0.312. The Bertz CT molecular complexity index is 773. The highest BCUT2D eigenvalue weighted by Gasteiger charge is 2.36. The Morgan fingerprint density at radius 3 is 1.30 bits per heavy atom. The first-order valence-corrected chi connectivity index (χ1v) is 9.86. The van der Waals surface area contributed by atoms with Gasteiger partial charge in [0.1, 0.15) is 0 Å². The van der Waals surface area contributed by atoms with E-state index in [0.717, 1.165) is 18.2 Å². The Morgan fingerprint density at radius 2 is 1.09 bits per heavy atom. The van der Waals surface area contributed by atoms with Crippen LogP contribution >= 0.6 is 0 Å². The number of carboxylic acid groups (broad SMARTS) is 1. The van der Waals surface area contributed by atoms with E-state index in [1.165, 1.54) is 41.5 Å². The molecule has 0 amide bonds. The number of hydrogen-bond acceptors (Lipinski definition) is 5. The van der Waals surface area contributed by atoms with Gasteiger partial charge in [-0.1, -0.05) is 0 Å². The summed E-state index contributed by atoms with van der Waals surface area (Å²) in [5.74, 6) is -1.39. The molecule has 1 aromatic rings. The molecule has 1 aromatic carbocycles. The van der Waals surface area contributed by atoms with Gasteiger partial charge in [-0.3, -0.25) is 0 Å². The van der Waals surface area contributed by atoms with Gasteiger partial charge >= 0.3 is 5.97 Å². The predicted molar refractivity (Wildman–Crippen MR) is 87.3 cm³/mol. The summed E-state index contributed by atoms with van der Waals surface area (Å²) in [5.41, 5.74) is -0.377. The molecule has 6 nitrogen and oxygen atoms in total. The highest BCUT2D eigenvalue weighted by atomic mass is 32.2. The monoisotopic (exact) mass is 362 g/mol. The number of carbonyl (C=O) groups is 1. The summed E-state index contributed by atoms with van der Waals surface area (Å²) in [7, 11) is -7.78. The van der Waals surface area contributed by atoms with Crippen molar-refractivity contribution in [2.24, 2.45) is 0 Å². The molecule has 0 radical (unpaired) electrons. The molecule has 0 aliphatic rings. The molecule has 0 saturated heterocycles. The third-order valence-corrected chi connectivity index (χ3v) is 8.30. The van der Waals surface area contributed by atoms with E-state index in [4.69, 9.17) is 0 Å². The highest BCUT2D eigenvalue weighted by molar-refractivity contribution is 7.93. The molecule has 1 N–H and O–H groups in total. The summed E-state index contributed by atoms with van der Waals surface area (Å²) < 4.78 is 47.9. The van der Waals surface area contributed by atoms with Crippen molar-refractivity contribution in [1.29, 1.82) is 0 Å². The second-order valence-electron chi connectivity index (χ2n) is 7.23. The number of sulfone groups is 2. The van der Waals surface area contributed by atoms with Crippen LogP contribution in [0.5, 0.6) is 0 Å². The summed E-state index contributed by atoms with van der Waals surface area (Å²) in [4.78, 5) is 10.6. The molecular weight excluding hydrogens is 340 g/mol. The average molecular weight is 362 g/mol. The molecule has 0 atom stereocenters. The van der Waals surface area contributed by atoms with Gasteiger partial charge in [-0.25, -0.2) is 21.6 Å². The van der Waals surface area contributed by atoms with Crippen molar-refractivity contribution in [2.45, 2.75) is 60.8 Å². The first-order chi connectivity index (χ1) is 10.0. The maximum atomic E-state index is 12.6.